The smallest absolute Gasteiger partial charge is 0.337 e. The minimum Gasteiger partial charge on any atom is -0.465 e. The summed E-state index contributed by atoms with van der Waals surface area (Å²) in [6, 6.07) is 5.50. The van der Waals surface area contributed by atoms with Crippen LogP contribution >= 0.6 is 15.9 Å². The molecule has 0 saturated heterocycles. The molecule has 0 aliphatic rings. The molecule has 1 heterocycles. The average Bonchev–Trinajstić information content (AvgIpc) is 2.53. The maximum Gasteiger partial charge on any atom is 0.337 e. The minimum absolute atomic E-state index is 0.319. The Bertz CT molecular complexity index is 575. The fourth-order valence-corrected chi connectivity index (χ4v) is 2.25. The number of ether oxygens (including phenoxy) is 1. The van der Waals surface area contributed by atoms with Gasteiger partial charge in [-0.15, -0.1) is 9.36 Å². The molecule has 0 radical (unpaired) electrons. The van der Waals surface area contributed by atoms with Crippen molar-refractivity contribution in [3.05, 3.63) is 28.4 Å². The number of aryl methyl sites for hydroxylation is 1. The van der Waals surface area contributed by atoms with Gasteiger partial charge in [-0.05, 0) is 28.1 Å². The average molecular weight is 284 g/mol. The first kappa shape index (κ1) is 11.1. The minimum atomic E-state index is -0.319. The zero-order valence-electron chi connectivity index (χ0n) is 9.32. The van der Waals surface area contributed by atoms with Gasteiger partial charge in [0.1, 0.15) is 0 Å². The van der Waals surface area contributed by atoms with Crippen molar-refractivity contribution in [1.82, 2.24) is 4.68 Å². The van der Waals surface area contributed by atoms with E-state index < -0.39 is 0 Å². The number of carbonyl (C=O) groups is 1. The van der Waals surface area contributed by atoms with Gasteiger partial charge in [-0.1, -0.05) is 0 Å². The van der Waals surface area contributed by atoms with Crippen LogP contribution in [0.25, 0.3) is 10.9 Å². The molecule has 84 valence electrons. The summed E-state index contributed by atoms with van der Waals surface area (Å²) in [5.74, 6) is -0.319. The lowest BCUT2D eigenvalue weighted by atomic mass is 10.1. The Labute approximate surface area is 102 Å². The summed E-state index contributed by atoms with van der Waals surface area (Å²) in [6.07, 6.45) is 0. The molecule has 0 fully saturated rings. The maximum absolute atomic E-state index is 11.4. The summed E-state index contributed by atoms with van der Waals surface area (Å²) in [5.41, 5.74) is 1.61. The van der Waals surface area contributed by atoms with E-state index >= 15 is 0 Å². The van der Waals surface area contributed by atoms with Crippen LogP contribution in [-0.4, -0.2) is 17.8 Å². The zero-order chi connectivity index (χ0) is 11.9. The molecule has 0 N–H and O–H groups in total. The molecule has 0 unspecified atom stereocenters. The normalized spacial score (nSPS) is 10.8. The third kappa shape index (κ3) is 1.51. The zero-order valence-corrected chi connectivity index (χ0v) is 10.9. The topological polar surface area (TPSA) is 35.1 Å². The summed E-state index contributed by atoms with van der Waals surface area (Å²) in [7, 11) is 5.29. The van der Waals surface area contributed by atoms with Gasteiger partial charge in [0.15, 0.2) is 11.7 Å². The van der Waals surface area contributed by atoms with Crippen molar-refractivity contribution in [2.75, 3.05) is 7.11 Å². The molecular formula is C11H12BrN2O2+. The first-order valence-electron chi connectivity index (χ1n) is 4.79. The second-order valence-electron chi connectivity index (χ2n) is 3.56. The largest absolute Gasteiger partial charge is 0.465 e. The van der Waals surface area contributed by atoms with Gasteiger partial charge >= 0.3 is 5.97 Å². The molecule has 0 bridgehead atoms. The van der Waals surface area contributed by atoms with E-state index in [0.717, 1.165) is 15.5 Å². The van der Waals surface area contributed by atoms with Crippen LogP contribution in [0, 0.1) is 0 Å². The molecule has 4 nitrogen and oxygen atoms in total. The molecule has 0 saturated carbocycles. The van der Waals surface area contributed by atoms with Crippen LogP contribution in [0.5, 0.6) is 0 Å². The van der Waals surface area contributed by atoms with Crippen molar-refractivity contribution in [1.29, 1.82) is 0 Å². The van der Waals surface area contributed by atoms with Crippen LogP contribution in [0.1, 0.15) is 10.4 Å². The lowest BCUT2D eigenvalue weighted by molar-refractivity contribution is -0.729. The Morgan fingerprint density at radius 3 is 2.81 bits per heavy atom. The molecule has 2 rings (SSSR count). The van der Waals surface area contributed by atoms with E-state index in [1.807, 2.05) is 35.6 Å². The lowest BCUT2D eigenvalue weighted by Gasteiger charge is -1.96. The second-order valence-corrected chi connectivity index (χ2v) is 4.31. The van der Waals surface area contributed by atoms with Crippen molar-refractivity contribution in [3.8, 4) is 0 Å². The van der Waals surface area contributed by atoms with Gasteiger partial charge in [0, 0.05) is 6.07 Å². The van der Waals surface area contributed by atoms with Gasteiger partial charge in [0.2, 0.25) is 5.52 Å². The maximum atomic E-state index is 11.4. The quantitative estimate of drug-likeness (QED) is 0.588. The summed E-state index contributed by atoms with van der Waals surface area (Å²) >= 11 is 3.50. The van der Waals surface area contributed by atoms with Crippen LogP contribution in [0.15, 0.2) is 22.8 Å². The highest BCUT2D eigenvalue weighted by atomic mass is 79.9. The Hall–Kier alpha value is -1.36. The number of hydrogen-bond acceptors (Lipinski definition) is 2. The number of aromatic nitrogens is 2. The molecule has 1 aromatic heterocycles. The fourth-order valence-electron chi connectivity index (χ4n) is 1.70. The number of nitrogens with zero attached hydrogens (tertiary/aromatic N) is 2. The molecule has 2 aromatic rings. The van der Waals surface area contributed by atoms with E-state index in [-0.39, 0.29) is 5.97 Å². The van der Waals surface area contributed by atoms with E-state index in [0.29, 0.717) is 5.56 Å². The predicted octanol–water partition coefficient (Wildman–Crippen LogP) is 1.55. The summed E-state index contributed by atoms with van der Waals surface area (Å²) in [6.45, 7) is 0. The van der Waals surface area contributed by atoms with E-state index in [2.05, 4.69) is 15.9 Å². The van der Waals surface area contributed by atoms with E-state index in [9.17, 15) is 4.79 Å². The monoisotopic (exact) mass is 283 g/mol. The van der Waals surface area contributed by atoms with Gasteiger partial charge in [-0.25, -0.2) is 4.79 Å². The van der Waals surface area contributed by atoms with Gasteiger partial charge in [0.25, 0.3) is 0 Å². The molecule has 0 spiro atoms. The summed E-state index contributed by atoms with van der Waals surface area (Å²) in [5, 5.41) is 0.993. The third-order valence-corrected chi connectivity index (χ3v) is 3.66. The molecule has 1 aromatic carbocycles. The predicted molar refractivity (Wildman–Crippen MR) is 63.1 cm³/mol. The Kier molecular flexibility index (Phi) is 2.71. The van der Waals surface area contributed by atoms with Crippen molar-refractivity contribution >= 4 is 32.8 Å². The summed E-state index contributed by atoms with van der Waals surface area (Å²) in [4.78, 5) is 11.4. The fraction of sp³-hybridized carbons (Fsp3) is 0.273. The second kappa shape index (κ2) is 3.90. The Balaban J connectivity index is 2.71. The molecular weight excluding hydrogens is 272 g/mol. The highest BCUT2D eigenvalue weighted by Gasteiger charge is 2.18. The molecule has 16 heavy (non-hydrogen) atoms. The van der Waals surface area contributed by atoms with Crippen LogP contribution in [0.4, 0.5) is 0 Å². The number of fused-ring (bicyclic) bond motifs is 1. The highest BCUT2D eigenvalue weighted by molar-refractivity contribution is 9.10. The number of esters is 1. The Morgan fingerprint density at radius 1 is 1.50 bits per heavy atom. The van der Waals surface area contributed by atoms with Crippen LogP contribution in [0.2, 0.25) is 0 Å². The first-order valence-corrected chi connectivity index (χ1v) is 5.58. The van der Waals surface area contributed by atoms with E-state index in [4.69, 9.17) is 4.74 Å². The van der Waals surface area contributed by atoms with Crippen LogP contribution in [0.3, 0.4) is 0 Å². The van der Waals surface area contributed by atoms with Gasteiger partial charge in [-0.3, -0.25) is 0 Å². The van der Waals surface area contributed by atoms with Crippen molar-refractivity contribution in [3.63, 3.8) is 0 Å². The number of methoxy groups -OCH3 is 1. The Morgan fingerprint density at radius 2 is 2.19 bits per heavy atom. The lowest BCUT2D eigenvalue weighted by Crippen LogP contribution is -2.37. The van der Waals surface area contributed by atoms with E-state index in [1.165, 1.54) is 7.11 Å². The van der Waals surface area contributed by atoms with Crippen LogP contribution < -0.4 is 4.68 Å². The van der Waals surface area contributed by atoms with Gasteiger partial charge in [0.05, 0.1) is 25.1 Å². The van der Waals surface area contributed by atoms with Crippen LogP contribution in [-0.2, 0) is 18.8 Å². The van der Waals surface area contributed by atoms with Gasteiger partial charge < -0.3 is 4.74 Å². The third-order valence-electron chi connectivity index (χ3n) is 2.72. The van der Waals surface area contributed by atoms with Crippen molar-refractivity contribution in [2.45, 2.75) is 0 Å². The highest BCUT2D eigenvalue weighted by Crippen LogP contribution is 2.22. The molecule has 0 atom stereocenters. The van der Waals surface area contributed by atoms with Gasteiger partial charge in [-0.2, -0.15) is 0 Å². The standard InChI is InChI=1S/C11H12BrN2O2/c1-13-9-5-4-7(11(15)16-3)6-8(9)10(12)14(13)2/h4-6H,1-3H3/q+1. The SMILES string of the molecule is COC(=O)c1ccc2c(c1)c(Br)n(C)[n+]2C. The molecule has 0 aliphatic carbocycles. The number of carbonyl (C=O) groups excluding carboxylic acids is 1. The van der Waals surface area contributed by atoms with Crippen molar-refractivity contribution < 1.29 is 14.2 Å². The van der Waals surface area contributed by atoms with Crippen molar-refractivity contribution in [2.24, 2.45) is 14.1 Å². The molecule has 0 aliphatic heterocycles. The number of halogens is 1. The molecule has 5 heteroatoms. The number of benzene rings is 1. The van der Waals surface area contributed by atoms with E-state index in [1.54, 1.807) is 6.07 Å². The summed E-state index contributed by atoms with van der Waals surface area (Å²) < 4.78 is 9.60. The molecule has 0 amide bonds. The number of rotatable bonds is 1. The first-order chi connectivity index (χ1) is 7.56. The number of hydrogen-bond donors (Lipinski definition) is 0.